The van der Waals surface area contributed by atoms with Gasteiger partial charge in [0.15, 0.2) is 17.5 Å². The minimum atomic E-state index is -1.04. The van der Waals surface area contributed by atoms with Gasteiger partial charge in [0, 0.05) is 41.5 Å². The number of fused-ring (bicyclic) bond motifs is 1. The van der Waals surface area contributed by atoms with Gasteiger partial charge in [0.1, 0.15) is 11.6 Å². The molecule has 248 valence electrons. The number of esters is 1. The number of carbonyl (C=O) groups is 2. The monoisotopic (exact) mass is 640 g/mol. The molecule has 47 heavy (non-hydrogen) atoms. The van der Waals surface area contributed by atoms with Crippen molar-refractivity contribution in [1.82, 2.24) is 14.6 Å². The summed E-state index contributed by atoms with van der Waals surface area (Å²) in [4.78, 5) is 32.5. The van der Waals surface area contributed by atoms with Crippen LogP contribution in [0.4, 0.5) is 5.82 Å². The smallest absolute Gasteiger partial charge is 0.339 e. The van der Waals surface area contributed by atoms with Gasteiger partial charge in [-0.1, -0.05) is 24.3 Å². The number of aromatic hydroxyl groups is 1. The van der Waals surface area contributed by atoms with Crippen LogP contribution in [0.2, 0.25) is 0 Å². The Morgan fingerprint density at radius 3 is 2.45 bits per heavy atom. The SMILES string of the molecule is C=CCOC1(C)CCN(c2c([C@H](OC(C)(C)C)C(=O)OC)c(C)nc3cc(-c4cccc(-c5cc(C(C)=O)ccc5O)c4)nn23)CC1. The van der Waals surface area contributed by atoms with Crippen molar-refractivity contribution in [3.8, 4) is 28.1 Å². The van der Waals surface area contributed by atoms with E-state index < -0.39 is 17.7 Å². The van der Waals surface area contributed by atoms with E-state index in [-0.39, 0.29) is 17.1 Å². The molecule has 5 rings (SSSR count). The lowest BCUT2D eigenvalue weighted by Crippen LogP contribution is -2.45. The number of benzene rings is 2. The quantitative estimate of drug-likeness (QED) is 0.113. The summed E-state index contributed by atoms with van der Waals surface area (Å²) in [5, 5.41) is 15.7. The largest absolute Gasteiger partial charge is 0.507 e. The zero-order chi connectivity index (χ0) is 34.1. The van der Waals surface area contributed by atoms with Crippen LogP contribution in [-0.2, 0) is 19.0 Å². The maximum Gasteiger partial charge on any atom is 0.339 e. The lowest BCUT2D eigenvalue weighted by molar-refractivity contribution is -0.164. The summed E-state index contributed by atoms with van der Waals surface area (Å²) in [7, 11) is 1.36. The molecule has 3 heterocycles. The van der Waals surface area contributed by atoms with Crippen LogP contribution in [0.1, 0.15) is 75.2 Å². The highest BCUT2D eigenvalue weighted by Crippen LogP contribution is 2.39. The topological polar surface area (TPSA) is 115 Å². The summed E-state index contributed by atoms with van der Waals surface area (Å²) >= 11 is 0. The molecule has 1 aliphatic rings. The molecule has 0 bridgehead atoms. The Hall–Kier alpha value is -4.54. The van der Waals surface area contributed by atoms with Crippen LogP contribution in [0.15, 0.2) is 61.2 Å². The third-order valence-electron chi connectivity index (χ3n) is 8.50. The van der Waals surface area contributed by atoms with E-state index in [0.717, 1.165) is 24.0 Å². The number of ether oxygens (including phenoxy) is 3. The zero-order valence-corrected chi connectivity index (χ0v) is 28.3. The van der Waals surface area contributed by atoms with Crippen LogP contribution >= 0.6 is 0 Å². The number of rotatable bonds is 10. The number of ketones is 1. The van der Waals surface area contributed by atoms with Crippen LogP contribution in [-0.4, -0.2) is 69.5 Å². The number of anilines is 1. The fourth-order valence-corrected chi connectivity index (χ4v) is 5.98. The average molecular weight is 641 g/mol. The average Bonchev–Trinajstić information content (AvgIpc) is 3.46. The highest BCUT2D eigenvalue weighted by atomic mass is 16.6. The van der Waals surface area contributed by atoms with Crippen molar-refractivity contribution in [2.24, 2.45) is 0 Å². The number of piperidine rings is 1. The van der Waals surface area contributed by atoms with Gasteiger partial charge in [-0.05, 0) is 84.2 Å². The number of carbonyl (C=O) groups excluding carboxylic acids is 2. The van der Waals surface area contributed by atoms with Crippen LogP contribution in [0, 0.1) is 6.92 Å². The summed E-state index contributed by atoms with van der Waals surface area (Å²) in [5.41, 5.74) is 4.14. The molecule has 10 heteroatoms. The van der Waals surface area contributed by atoms with Gasteiger partial charge >= 0.3 is 5.97 Å². The number of phenolic OH excluding ortho intramolecular Hbond substituents is 1. The minimum absolute atomic E-state index is 0.0771. The van der Waals surface area contributed by atoms with Gasteiger partial charge in [0.2, 0.25) is 0 Å². The van der Waals surface area contributed by atoms with E-state index in [1.165, 1.54) is 20.1 Å². The highest BCUT2D eigenvalue weighted by Gasteiger charge is 2.38. The normalized spacial score (nSPS) is 15.4. The van der Waals surface area contributed by atoms with Crippen molar-refractivity contribution in [3.05, 3.63) is 78.0 Å². The Kier molecular flexibility index (Phi) is 9.56. The first-order valence-electron chi connectivity index (χ1n) is 15.8. The van der Waals surface area contributed by atoms with E-state index >= 15 is 0 Å². The molecule has 0 saturated carbocycles. The van der Waals surface area contributed by atoms with Gasteiger partial charge in [-0.15, -0.1) is 6.58 Å². The number of aryl methyl sites for hydroxylation is 1. The van der Waals surface area contributed by atoms with E-state index in [9.17, 15) is 14.7 Å². The highest BCUT2D eigenvalue weighted by molar-refractivity contribution is 5.96. The Morgan fingerprint density at radius 2 is 1.81 bits per heavy atom. The first kappa shape index (κ1) is 33.8. The van der Waals surface area contributed by atoms with Crippen LogP contribution in [0.3, 0.4) is 0 Å². The van der Waals surface area contributed by atoms with E-state index in [4.69, 9.17) is 24.3 Å². The maximum absolute atomic E-state index is 13.3. The second-order valence-corrected chi connectivity index (χ2v) is 13.3. The Balaban J connectivity index is 1.66. The molecule has 0 radical (unpaired) electrons. The van der Waals surface area contributed by atoms with E-state index in [0.29, 0.717) is 59.2 Å². The van der Waals surface area contributed by atoms with Crippen molar-refractivity contribution in [1.29, 1.82) is 0 Å². The van der Waals surface area contributed by atoms with Crippen molar-refractivity contribution in [3.63, 3.8) is 0 Å². The second kappa shape index (κ2) is 13.3. The second-order valence-electron chi connectivity index (χ2n) is 13.3. The standard InChI is InChI=1S/C37H44N4O6/c1-9-19-46-37(7)15-17-40(18-16-37)34-32(33(35(44)45-8)47-36(4,5)6)23(2)38-31-22-29(39-41(31)34)27-12-10-11-26(20-27)28-21-25(24(3)42)13-14-30(28)43/h9-14,20-22,33,43H,1,15-19H2,2-8H3/t33-/m0/s1. The number of hydrogen-bond donors (Lipinski definition) is 1. The molecular weight excluding hydrogens is 596 g/mol. The number of hydrogen-bond acceptors (Lipinski definition) is 9. The van der Waals surface area contributed by atoms with Crippen molar-refractivity contribution >= 4 is 23.2 Å². The first-order valence-corrected chi connectivity index (χ1v) is 15.8. The molecule has 0 spiro atoms. The van der Waals surface area contributed by atoms with Gasteiger partial charge in [0.05, 0.1) is 36.2 Å². The van der Waals surface area contributed by atoms with Crippen molar-refractivity contribution in [2.75, 3.05) is 31.7 Å². The molecule has 1 fully saturated rings. The molecule has 2 aromatic heterocycles. The Morgan fingerprint density at radius 1 is 1.11 bits per heavy atom. The molecule has 0 unspecified atom stereocenters. The molecule has 0 aliphatic carbocycles. The molecule has 10 nitrogen and oxygen atoms in total. The molecule has 1 saturated heterocycles. The van der Waals surface area contributed by atoms with E-state index in [1.54, 1.807) is 22.7 Å². The summed E-state index contributed by atoms with van der Waals surface area (Å²) in [6.07, 6.45) is 2.23. The zero-order valence-electron chi connectivity index (χ0n) is 28.3. The number of phenols is 1. The molecular formula is C37H44N4O6. The number of aromatic nitrogens is 3. The fraction of sp³-hybridized carbons (Fsp3) is 0.405. The Labute approximate surface area is 276 Å². The van der Waals surface area contributed by atoms with Crippen LogP contribution in [0.5, 0.6) is 5.75 Å². The van der Waals surface area contributed by atoms with Gasteiger partial charge in [-0.3, -0.25) is 4.79 Å². The Bertz CT molecular complexity index is 1810. The summed E-state index contributed by atoms with van der Waals surface area (Å²) < 4.78 is 19.5. The van der Waals surface area contributed by atoms with E-state index in [1.807, 2.05) is 58.0 Å². The molecule has 1 aliphatic heterocycles. The predicted octanol–water partition coefficient (Wildman–Crippen LogP) is 6.87. The lowest BCUT2D eigenvalue weighted by Gasteiger charge is -2.41. The number of methoxy groups -OCH3 is 1. The van der Waals surface area contributed by atoms with E-state index in [2.05, 4.69) is 18.4 Å². The van der Waals surface area contributed by atoms with Crippen molar-refractivity contribution < 1.29 is 28.9 Å². The fourth-order valence-electron chi connectivity index (χ4n) is 5.98. The first-order chi connectivity index (χ1) is 22.2. The third-order valence-corrected chi connectivity index (χ3v) is 8.50. The number of Topliss-reactive ketones (excluding diaryl/α,β-unsaturated/α-hetero) is 1. The molecule has 1 atom stereocenters. The van der Waals surface area contributed by atoms with Crippen LogP contribution < -0.4 is 4.90 Å². The van der Waals surface area contributed by atoms with Crippen LogP contribution in [0.25, 0.3) is 28.0 Å². The summed E-state index contributed by atoms with van der Waals surface area (Å²) in [5.74, 6) is 0.188. The van der Waals surface area contributed by atoms with Gasteiger partial charge < -0.3 is 24.2 Å². The van der Waals surface area contributed by atoms with Gasteiger partial charge in [0.25, 0.3) is 0 Å². The third kappa shape index (κ3) is 7.24. The molecule has 0 amide bonds. The summed E-state index contributed by atoms with van der Waals surface area (Å²) in [6.45, 7) is 16.8. The molecule has 1 N–H and O–H groups in total. The molecule has 4 aromatic rings. The van der Waals surface area contributed by atoms with Crippen molar-refractivity contribution in [2.45, 2.75) is 71.7 Å². The minimum Gasteiger partial charge on any atom is -0.507 e. The van der Waals surface area contributed by atoms with Gasteiger partial charge in [-0.25, -0.2) is 9.78 Å². The maximum atomic E-state index is 13.3. The summed E-state index contributed by atoms with van der Waals surface area (Å²) in [6, 6.07) is 14.4. The molecule has 2 aromatic carbocycles. The number of nitrogens with zero attached hydrogens (tertiary/aromatic N) is 4. The van der Waals surface area contributed by atoms with Gasteiger partial charge in [-0.2, -0.15) is 9.61 Å². The lowest BCUT2D eigenvalue weighted by atomic mass is 9.92. The predicted molar refractivity (Wildman–Crippen MR) is 182 cm³/mol.